The first-order chi connectivity index (χ1) is 20.4. The fourth-order valence-electron chi connectivity index (χ4n) is 6.19. The number of benzene rings is 2. The van der Waals surface area contributed by atoms with E-state index in [0.29, 0.717) is 12.2 Å². The highest BCUT2D eigenvalue weighted by atomic mass is 16.5. The molecule has 214 valence electrons. The van der Waals surface area contributed by atoms with Gasteiger partial charge in [-0.1, -0.05) is 18.2 Å². The number of aryl methyl sites for hydroxylation is 1. The molecule has 3 aromatic heterocycles. The van der Waals surface area contributed by atoms with Crippen molar-refractivity contribution in [1.29, 1.82) is 0 Å². The molecule has 0 radical (unpaired) electrons. The van der Waals surface area contributed by atoms with Crippen LogP contribution in [0.2, 0.25) is 0 Å². The van der Waals surface area contributed by atoms with Gasteiger partial charge in [0.2, 0.25) is 0 Å². The number of urea groups is 1. The van der Waals surface area contributed by atoms with Crippen LogP contribution in [-0.2, 0) is 6.42 Å². The normalized spacial score (nSPS) is 17.5. The zero-order valence-electron chi connectivity index (χ0n) is 24.2. The maximum absolute atomic E-state index is 13.5. The average Bonchev–Trinajstić information content (AvgIpc) is 3.39. The Morgan fingerprint density at radius 3 is 2.74 bits per heavy atom. The van der Waals surface area contributed by atoms with E-state index in [1.165, 1.54) is 5.56 Å². The zero-order chi connectivity index (χ0) is 28.8. The molecule has 5 heterocycles. The van der Waals surface area contributed by atoms with Crippen LogP contribution in [0.25, 0.3) is 21.9 Å². The first-order valence-corrected chi connectivity index (χ1v) is 14.6. The predicted octanol–water partition coefficient (Wildman–Crippen LogP) is 6.11. The maximum Gasteiger partial charge on any atom is 0.322 e. The lowest BCUT2D eigenvalue weighted by Crippen LogP contribution is -2.44. The van der Waals surface area contributed by atoms with Gasteiger partial charge in [0.05, 0.1) is 34.5 Å². The number of piperazine rings is 1. The van der Waals surface area contributed by atoms with E-state index >= 15 is 0 Å². The second-order valence-electron chi connectivity index (χ2n) is 11.4. The monoisotopic (exact) mass is 561 g/mol. The Kier molecular flexibility index (Phi) is 6.66. The van der Waals surface area contributed by atoms with Crippen molar-refractivity contribution in [2.45, 2.75) is 26.3 Å². The topological polar surface area (TPSA) is 89.6 Å². The average molecular weight is 562 g/mol. The van der Waals surface area contributed by atoms with E-state index in [0.717, 1.165) is 83.0 Å². The Labute approximate surface area is 245 Å². The summed E-state index contributed by atoms with van der Waals surface area (Å²) in [6.45, 7) is 8.76. The number of rotatable bonds is 4. The van der Waals surface area contributed by atoms with E-state index in [1.54, 1.807) is 12.4 Å². The Morgan fingerprint density at radius 2 is 1.88 bits per heavy atom. The number of carbonyl (C=O) groups excluding carboxylic acids is 1. The summed E-state index contributed by atoms with van der Waals surface area (Å²) < 4.78 is 6.32. The fraction of sp³-hybridized carbons (Fsp3) is 0.303. The number of nitrogens with one attached hydrogen (secondary N) is 2. The fourth-order valence-corrected chi connectivity index (χ4v) is 6.19. The molecular weight excluding hydrogens is 526 g/mol. The van der Waals surface area contributed by atoms with Gasteiger partial charge in [0, 0.05) is 50.0 Å². The SMILES string of the molecule is Cc1cc2c(Oc3ccc4c(c3)[C@H](C)N(C(=O)Nc3cnc5c(N6CCN(C)CC6)cccc5c3)CC4)ccnc2[nH]1. The van der Waals surface area contributed by atoms with E-state index in [9.17, 15) is 4.79 Å². The highest BCUT2D eigenvalue weighted by Crippen LogP contribution is 2.36. The Hall–Kier alpha value is -4.63. The lowest BCUT2D eigenvalue weighted by molar-refractivity contribution is 0.188. The second kappa shape index (κ2) is 10.6. The molecule has 9 heteroatoms. The molecule has 2 aliphatic rings. The number of hydrogen-bond acceptors (Lipinski definition) is 6. The van der Waals surface area contributed by atoms with Gasteiger partial charge in [0.25, 0.3) is 0 Å². The number of likely N-dealkylation sites (N-methyl/N-ethyl adjacent to an activating group) is 1. The molecule has 0 bridgehead atoms. The quantitative estimate of drug-likeness (QED) is 0.275. The van der Waals surface area contributed by atoms with Gasteiger partial charge >= 0.3 is 6.03 Å². The molecule has 0 aliphatic carbocycles. The van der Waals surface area contributed by atoms with Crippen LogP contribution in [0.3, 0.4) is 0 Å². The minimum Gasteiger partial charge on any atom is -0.457 e. The van der Waals surface area contributed by atoms with Crippen molar-refractivity contribution in [3.63, 3.8) is 0 Å². The molecule has 9 nitrogen and oxygen atoms in total. The van der Waals surface area contributed by atoms with Gasteiger partial charge in [-0.25, -0.2) is 9.78 Å². The van der Waals surface area contributed by atoms with Gasteiger partial charge in [-0.05, 0) is 74.8 Å². The van der Waals surface area contributed by atoms with E-state index in [2.05, 4.69) is 69.4 Å². The van der Waals surface area contributed by atoms with Gasteiger partial charge in [0.1, 0.15) is 17.1 Å². The summed E-state index contributed by atoms with van der Waals surface area (Å²) >= 11 is 0. The van der Waals surface area contributed by atoms with Crippen molar-refractivity contribution in [3.8, 4) is 11.5 Å². The van der Waals surface area contributed by atoms with Crippen molar-refractivity contribution in [2.75, 3.05) is 50.0 Å². The van der Waals surface area contributed by atoms with Gasteiger partial charge in [-0.3, -0.25) is 4.98 Å². The van der Waals surface area contributed by atoms with Crippen molar-refractivity contribution in [2.24, 2.45) is 0 Å². The van der Waals surface area contributed by atoms with E-state index in [-0.39, 0.29) is 12.1 Å². The molecule has 1 saturated heterocycles. The van der Waals surface area contributed by atoms with Crippen LogP contribution in [0, 0.1) is 6.92 Å². The number of H-pyrrole nitrogens is 1. The lowest BCUT2D eigenvalue weighted by atomic mass is 9.93. The van der Waals surface area contributed by atoms with Crippen molar-refractivity contribution >= 4 is 39.3 Å². The summed E-state index contributed by atoms with van der Waals surface area (Å²) in [5.74, 6) is 1.49. The molecule has 0 saturated carbocycles. The molecular formula is C33H35N7O2. The zero-order valence-corrected chi connectivity index (χ0v) is 24.2. The molecule has 2 aliphatic heterocycles. The maximum atomic E-state index is 13.5. The molecule has 7 rings (SSSR count). The van der Waals surface area contributed by atoms with Gasteiger partial charge in [-0.15, -0.1) is 0 Å². The van der Waals surface area contributed by atoms with Crippen LogP contribution in [0.15, 0.2) is 67.0 Å². The number of pyridine rings is 2. The summed E-state index contributed by atoms with van der Waals surface area (Å²) in [6, 6.07) is 18.1. The van der Waals surface area contributed by atoms with Crippen LogP contribution >= 0.6 is 0 Å². The number of fused-ring (bicyclic) bond motifs is 3. The number of ether oxygens (including phenoxy) is 1. The van der Waals surface area contributed by atoms with Gasteiger partial charge < -0.3 is 29.7 Å². The van der Waals surface area contributed by atoms with E-state index in [4.69, 9.17) is 9.72 Å². The largest absolute Gasteiger partial charge is 0.457 e. The summed E-state index contributed by atoms with van der Waals surface area (Å²) in [6.07, 6.45) is 4.30. The summed E-state index contributed by atoms with van der Waals surface area (Å²) in [5, 5.41) is 5.07. The minimum absolute atomic E-state index is 0.110. The highest BCUT2D eigenvalue weighted by Gasteiger charge is 2.28. The summed E-state index contributed by atoms with van der Waals surface area (Å²) in [4.78, 5) is 32.6. The molecule has 1 fully saturated rings. The number of amides is 2. The van der Waals surface area contributed by atoms with E-state index in [1.807, 2.05) is 36.1 Å². The molecule has 0 unspecified atom stereocenters. The van der Waals surface area contributed by atoms with Gasteiger partial charge in [0.15, 0.2) is 0 Å². The minimum atomic E-state index is -0.130. The predicted molar refractivity (Wildman–Crippen MR) is 167 cm³/mol. The Morgan fingerprint density at radius 1 is 1.02 bits per heavy atom. The van der Waals surface area contributed by atoms with Crippen LogP contribution in [0.5, 0.6) is 11.5 Å². The number of aromatic nitrogens is 3. The van der Waals surface area contributed by atoms with Crippen LogP contribution in [0.1, 0.15) is 29.8 Å². The Bertz CT molecular complexity index is 1790. The van der Waals surface area contributed by atoms with Crippen molar-refractivity contribution in [1.82, 2.24) is 24.8 Å². The lowest BCUT2D eigenvalue weighted by Gasteiger charge is -2.35. The Balaban J connectivity index is 1.08. The third kappa shape index (κ3) is 4.90. The highest BCUT2D eigenvalue weighted by molar-refractivity contribution is 5.96. The van der Waals surface area contributed by atoms with Crippen LogP contribution < -0.4 is 15.0 Å². The molecule has 42 heavy (non-hydrogen) atoms. The van der Waals surface area contributed by atoms with Gasteiger partial charge in [-0.2, -0.15) is 0 Å². The standard InChI is InChI=1S/C33H35N7O2/c1-21-17-28-30(9-11-34-32(28)36-21)42-26-8-7-23-10-12-40(22(2)27(23)19-26)33(41)37-25-18-24-5-4-6-29(31(24)35-20-25)39-15-13-38(3)14-16-39/h4-9,11,17-20,22H,10,12-16H2,1-3H3,(H,34,36)(H,37,41)/t22-/m0/s1. The van der Waals surface area contributed by atoms with E-state index < -0.39 is 0 Å². The molecule has 5 aromatic rings. The molecule has 2 amide bonds. The first-order valence-electron chi connectivity index (χ1n) is 14.6. The summed E-state index contributed by atoms with van der Waals surface area (Å²) in [5.41, 5.74) is 6.98. The smallest absolute Gasteiger partial charge is 0.322 e. The molecule has 0 spiro atoms. The molecule has 2 aromatic carbocycles. The van der Waals surface area contributed by atoms with Crippen molar-refractivity contribution in [3.05, 3.63) is 83.8 Å². The summed E-state index contributed by atoms with van der Waals surface area (Å²) in [7, 11) is 2.16. The molecule has 2 N–H and O–H groups in total. The number of aromatic amines is 1. The first kappa shape index (κ1) is 26.3. The number of carbonyl (C=O) groups is 1. The third-order valence-corrected chi connectivity index (χ3v) is 8.56. The number of hydrogen-bond donors (Lipinski definition) is 2. The van der Waals surface area contributed by atoms with Crippen molar-refractivity contribution < 1.29 is 9.53 Å². The third-order valence-electron chi connectivity index (χ3n) is 8.56. The molecule has 1 atom stereocenters. The number of para-hydroxylation sites is 1. The van der Waals surface area contributed by atoms with Crippen LogP contribution in [0.4, 0.5) is 16.2 Å². The van der Waals surface area contributed by atoms with Crippen LogP contribution in [-0.4, -0.2) is 70.6 Å². The number of nitrogens with zero attached hydrogens (tertiary/aromatic N) is 5. The number of anilines is 2. The second-order valence-corrected chi connectivity index (χ2v) is 11.4.